The number of halogens is 2. The van der Waals surface area contributed by atoms with Crippen LogP contribution in [0.1, 0.15) is 17.5 Å². The zero-order valence-corrected chi connectivity index (χ0v) is 15.8. The van der Waals surface area contributed by atoms with E-state index in [2.05, 4.69) is 33.9 Å². The van der Waals surface area contributed by atoms with Gasteiger partial charge in [-0.2, -0.15) is 8.78 Å². The average molecular weight is 391 g/mol. The van der Waals surface area contributed by atoms with Gasteiger partial charge >= 0.3 is 11.8 Å². The maximum absolute atomic E-state index is 12.4. The highest BCUT2D eigenvalue weighted by atomic mass is 32.2. The summed E-state index contributed by atoms with van der Waals surface area (Å²) in [5.74, 6) is 1.09. The maximum Gasteiger partial charge on any atom is 0.387 e. The van der Waals surface area contributed by atoms with Crippen LogP contribution in [0.5, 0.6) is 5.75 Å². The number of hydrogen-bond donors (Lipinski definition) is 1. The van der Waals surface area contributed by atoms with Crippen molar-refractivity contribution in [3.63, 3.8) is 0 Å². The Morgan fingerprint density at radius 2 is 1.85 bits per heavy atom. The molecule has 0 amide bonds. The molecule has 0 radical (unpaired) electrons. The predicted molar refractivity (Wildman–Crippen MR) is 103 cm³/mol. The van der Waals surface area contributed by atoms with E-state index in [1.165, 1.54) is 17.7 Å². The number of β-amino-alcohol motifs (C(OH)–C–C–N with tert-alkyl or cyclic N) is 1. The van der Waals surface area contributed by atoms with Gasteiger partial charge in [-0.1, -0.05) is 17.7 Å². The van der Waals surface area contributed by atoms with Crippen molar-refractivity contribution in [2.75, 3.05) is 23.7 Å². The first-order valence-electron chi connectivity index (χ1n) is 8.87. The van der Waals surface area contributed by atoms with E-state index >= 15 is 0 Å². The standard InChI is InChI=1S/C20H21F2N2O2S/c1-14-3-7-16(8-4-14)23-13-20(25,24-11-2-12-27-19(23)24)15-5-9-17(10-6-15)26-18(21)22/h3-10,18,25H,2,11-13H2,1H3/q+1/t20-/m1/s1. The summed E-state index contributed by atoms with van der Waals surface area (Å²) in [6.07, 6.45) is 0.977. The molecule has 2 aliphatic heterocycles. The average Bonchev–Trinajstić information content (AvgIpc) is 2.97. The van der Waals surface area contributed by atoms with E-state index in [1.807, 2.05) is 11.5 Å². The van der Waals surface area contributed by atoms with E-state index in [0.717, 1.165) is 29.6 Å². The summed E-state index contributed by atoms with van der Waals surface area (Å²) < 4.78 is 31.2. The van der Waals surface area contributed by atoms with Crippen molar-refractivity contribution >= 4 is 22.6 Å². The molecule has 0 fully saturated rings. The summed E-state index contributed by atoms with van der Waals surface area (Å²) in [6.45, 7) is 0.312. The van der Waals surface area contributed by atoms with E-state index < -0.39 is 12.3 Å². The monoisotopic (exact) mass is 391 g/mol. The van der Waals surface area contributed by atoms with Crippen molar-refractivity contribution in [2.45, 2.75) is 25.7 Å². The maximum atomic E-state index is 12.4. The van der Waals surface area contributed by atoms with Gasteiger partial charge in [0.05, 0.1) is 6.54 Å². The Hall–Kier alpha value is -2.12. The highest BCUT2D eigenvalue weighted by Gasteiger charge is 2.53. The fraction of sp³-hybridized carbons (Fsp3) is 0.350. The molecule has 0 aliphatic carbocycles. The highest BCUT2D eigenvalue weighted by molar-refractivity contribution is 8.13. The van der Waals surface area contributed by atoms with Gasteiger partial charge in [0.15, 0.2) is 6.54 Å². The van der Waals surface area contributed by atoms with E-state index in [9.17, 15) is 13.9 Å². The molecule has 2 aliphatic rings. The molecule has 2 heterocycles. The Balaban J connectivity index is 1.69. The highest BCUT2D eigenvalue weighted by Crippen LogP contribution is 2.38. The number of anilines is 1. The number of hydrogen-bond acceptors (Lipinski definition) is 4. The van der Waals surface area contributed by atoms with E-state index in [4.69, 9.17) is 0 Å². The van der Waals surface area contributed by atoms with Crippen LogP contribution in [0.2, 0.25) is 0 Å². The van der Waals surface area contributed by atoms with Crippen LogP contribution >= 0.6 is 11.8 Å². The minimum Gasteiger partial charge on any atom is -0.435 e. The van der Waals surface area contributed by atoms with Gasteiger partial charge in [0, 0.05) is 11.3 Å². The minimum absolute atomic E-state index is 0.0861. The van der Waals surface area contributed by atoms with Crippen molar-refractivity contribution < 1.29 is 23.2 Å². The third kappa shape index (κ3) is 3.41. The number of nitrogens with zero attached hydrogens (tertiary/aromatic N) is 2. The molecule has 27 heavy (non-hydrogen) atoms. The van der Waals surface area contributed by atoms with E-state index in [1.54, 1.807) is 23.9 Å². The van der Waals surface area contributed by atoms with Crippen LogP contribution in [0, 0.1) is 6.92 Å². The molecule has 0 saturated carbocycles. The van der Waals surface area contributed by atoms with Crippen molar-refractivity contribution in [2.24, 2.45) is 0 Å². The lowest BCUT2D eigenvalue weighted by molar-refractivity contribution is -0.656. The van der Waals surface area contributed by atoms with Crippen LogP contribution in [0.4, 0.5) is 14.5 Å². The predicted octanol–water partition coefficient (Wildman–Crippen LogP) is 3.77. The van der Waals surface area contributed by atoms with Crippen LogP contribution < -0.4 is 9.64 Å². The summed E-state index contributed by atoms with van der Waals surface area (Å²) in [6, 6.07) is 14.5. The second kappa shape index (κ2) is 7.13. The summed E-state index contributed by atoms with van der Waals surface area (Å²) in [5.41, 5.74) is 1.67. The molecule has 0 aromatic heterocycles. The van der Waals surface area contributed by atoms with Crippen molar-refractivity contribution in [1.82, 2.24) is 0 Å². The number of benzene rings is 2. The second-order valence-corrected chi connectivity index (χ2v) is 7.84. The zero-order valence-electron chi connectivity index (χ0n) is 14.9. The molecule has 142 valence electrons. The Labute approximate surface area is 161 Å². The SMILES string of the molecule is Cc1ccc(N2C[C@@](O)(c3ccc(OC(F)F)cc3)[N+]3=C2SCCC3)cc1. The van der Waals surface area contributed by atoms with Gasteiger partial charge < -0.3 is 9.84 Å². The van der Waals surface area contributed by atoms with Crippen LogP contribution in [-0.4, -0.2) is 40.3 Å². The lowest BCUT2D eigenvalue weighted by atomic mass is 10.0. The minimum atomic E-state index is -2.86. The molecule has 4 rings (SSSR count). The van der Waals surface area contributed by atoms with Crippen molar-refractivity contribution in [3.8, 4) is 5.75 Å². The third-order valence-corrected chi connectivity index (χ3v) is 6.12. The summed E-state index contributed by atoms with van der Waals surface area (Å²) in [7, 11) is 0. The molecule has 1 N–H and O–H groups in total. The zero-order chi connectivity index (χ0) is 19.0. The second-order valence-electron chi connectivity index (χ2n) is 6.78. The molecule has 0 saturated heterocycles. The van der Waals surface area contributed by atoms with Crippen LogP contribution in [0.3, 0.4) is 0 Å². The fourth-order valence-corrected chi connectivity index (χ4v) is 4.76. The Bertz CT molecular complexity index is 855. The van der Waals surface area contributed by atoms with Crippen LogP contribution in [-0.2, 0) is 5.72 Å². The number of aryl methyl sites for hydroxylation is 1. The van der Waals surface area contributed by atoms with Gasteiger partial charge in [-0.05, 0) is 61.5 Å². The first-order valence-corrected chi connectivity index (χ1v) is 9.85. The summed E-state index contributed by atoms with van der Waals surface area (Å²) in [4.78, 5) is 2.13. The van der Waals surface area contributed by atoms with Crippen LogP contribution in [0.25, 0.3) is 0 Å². The van der Waals surface area contributed by atoms with Gasteiger partial charge in [-0.3, -0.25) is 0 Å². The Morgan fingerprint density at radius 1 is 1.15 bits per heavy atom. The smallest absolute Gasteiger partial charge is 0.387 e. The van der Waals surface area contributed by atoms with Gasteiger partial charge in [-0.25, -0.2) is 9.48 Å². The number of amidine groups is 1. The van der Waals surface area contributed by atoms with Crippen molar-refractivity contribution in [1.29, 1.82) is 0 Å². The molecule has 0 unspecified atom stereocenters. The molecule has 2 aromatic carbocycles. The van der Waals surface area contributed by atoms with Crippen molar-refractivity contribution in [3.05, 3.63) is 59.7 Å². The number of rotatable bonds is 4. The molecular weight excluding hydrogens is 370 g/mol. The molecule has 0 bridgehead atoms. The molecule has 1 atom stereocenters. The van der Waals surface area contributed by atoms with E-state index in [0.29, 0.717) is 12.1 Å². The molecule has 0 spiro atoms. The van der Waals surface area contributed by atoms with E-state index in [-0.39, 0.29) is 5.75 Å². The Morgan fingerprint density at radius 3 is 2.52 bits per heavy atom. The topological polar surface area (TPSA) is 35.7 Å². The lowest BCUT2D eigenvalue weighted by Gasteiger charge is -2.24. The molecule has 2 aromatic rings. The summed E-state index contributed by atoms with van der Waals surface area (Å²) in [5, 5.41) is 12.6. The third-order valence-electron chi connectivity index (χ3n) is 4.93. The quantitative estimate of drug-likeness (QED) is 0.805. The van der Waals surface area contributed by atoms with Crippen LogP contribution in [0.15, 0.2) is 48.5 Å². The molecule has 4 nitrogen and oxygen atoms in total. The lowest BCUT2D eigenvalue weighted by Crippen LogP contribution is -2.41. The largest absolute Gasteiger partial charge is 0.435 e. The normalized spacial score (nSPS) is 22.3. The van der Waals surface area contributed by atoms with Gasteiger partial charge in [0.1, 0.15) is 11.4 Å². The number of alkyl halides is 2. The number of ether oxygens (including phenoxy) is 1. The first-order chi connectivity index (χ1) is 13.0. The molecule has 7 heteroatoms. The number of aliphatic hydroxyl groups is 1. The molecular formula is C20H21F2N2O2S+. The number of thioether (sulfide) groups is 1. The Kier molecular flexibility index (Phi) is 4.82. The fourth-order valence-electron chi connectivity index (χ4n) is 3.58. The van der Waals surface area contributed by atoms with Gasteiger partial charge in [0.25, 0.3) is 5.72 Å². The van der Waals surface area contributed by atoms with Gasteiger partial charge in [0.2, 0.25) is 0 Å². The first kappa shape index (κ1) is 18.3. The summed E-state index contributed by atoms with van der Waals surface area (Å²) >= 11 is 1.73. The van der Waals surface area contributed by atoms with Gasteiger partial charge in [-0.15, -0.1) is 0 Å².